The minimum atomic E-state index is -3.71. The molecule has 1 aromatic carbocycles. The molecule has 0 amide bonds. The second-order valence-corrected chi connectivity index (χ2v) is 9.97. The zero-order valence-electron chi connectivity index (χ0n) is 17.3. The molecule has 7 nitrogen and oxygen atoms in total. The van der Waals surface area contributed by atoms with Crippen molar-refractivity contribution in [1.82, 2.24) is 18.3 Å². The molecule has 0 fully saturated rings. The molecule has 0 aliphatic carbocycles. The smallest absolute Gasteiger partial charge is 0.303 e. The van der Waals surface area contributed by atoms with Crippen LogP contribution in [0.5, 0.6) is 0 Å². The highest BCUT2D eigenvalue weighted by molar-refractivity contribution is 7.89. The highest BCUT2D eigenvalue weighted by Gasteiger charge is 2.26. The summed E-state index contributed by atoms with van der Waals surface area (Å²) in [4.78, 5) is 15.6. The fourth-order valence-corrected chi connectivity index (χ4v) is 5.68. The molecule has 0 spiro atoms. The van der Waals surface area contributed by atoms with Gasteiger partial charge in [0, 0.05) is 38.6 Å². The van der Waals surface area contributed by atoms with E-state index in [1.165, 1.54) is 9.13 Å². The van der Waals surface area contributed by atoms with E-state index in [-0.39, 0.29) is 10.6 Å². The Kier molecular flexibility index (Phi) is 6.62. The molecule has 2 aromatic heterocycles. The van der Waals surface area contributed by atoms with E-state index in [1.54, 1.807) is 47.9 Å². The van der Waals surface area contributed by atoms with Crippen molar-refractivity contribution in [2.45, 2.75) is 25.3 Å². The third kappa shape index (κ3) is 4.32. The van der Waals surface area contributed by atoms with Crippen molar-refractivity contribution in [3.05, 3.63) is 51.1 Å². The fraction of sp³-hybridized carbons (Fsp3) is 0.450. The van der Waals surface area contributed by atoms with Crippen molar-refractivity contribution in [2.24, 2.45) is 14.1 Å². The predicted molar refractivity (Wildman–Crippen MR) is 118 cm³/mol. The lowest BCUT2D eigenvalue weighted by Crippen LogP contribution is -2.38. The van der Waals surface area contributed by atoms with Gasteiger partial charge < -0.3 is 4.90 Å². The summed E-state index contributed by atoms with van der Waals surface area (Å²) in [6.45, 7) is 7.32. The van der Waals surface area contributed by atoms with Crippen molar-refractivity contribution >= 4 is 32.4 Å². The molecule has 3 rings (SSSR count). The molecule has 0 aliphatic rings. The lowest BCUT2D eigenvalue weighted by Gasteiger charge is -2.25. The van der Waals surface area contributed by atoms with Gasteiger partial charge in [-0.3, -0.25) is 9.13 Å². The first-order valence-electron chi connectivity index (χ1n) is 9.70. The number of hydrogen-bond acceptors (Lipinski definition) is 5. The van der Waals surface area contributed by atoms with E-state index in [9.17, 15) is 13.2 Å². The minimum absolute atomic E-state index is 0.175. The van der Waals surface area contributed by atoms with Gasteiger partial charge in [0.1, 0.15) is 0 Å². The Morgan fingerprint density at radius 3 is 2.31 bits per heavy atom. The molecule has 0 saturated heterocycles. The molecule has 0 radical (unpaired) electrons. The summed E-state index contributed by atoms with van der Waals surface area (Å²) in [6, 6.07) is 8.79. The number of thiophene rings is 1. The molecule has 2 heterocycles. The Morgan fingerprint density at radius 1 is 1.00 bits per heavy atom. The fourth-order valence-electron chi connectivity index (χ4n) is 3.45. The van der Waals surface area contributed by atoms with Crippen molar-refractivity contribution in [3.63, 3.8) is 0 Å². The molecular formula is C20H28N4O3S2. The van der Waals surface area contributed by atoms with E-state index >= 15 is 0 Å². The quantitative estimate of drug-likeness (QED) is 0.517. The number of rotatable bonds is 9. The van der Waals surface area contributed by atoms with Crippen molar-refractivity contribution in [3.8, 4) is 0 Å². The Hall–Kier alpha value is -1.94. The van der Waals surface area contributed by atoms with Gasteiger partial charge >= 0.3 is 5.69 Å². The lowest BCUT2D eigenvalue weighted by molar-refractivity contribution is 0.269. The van der Waals surface area contributed by atoms with Crippen LogP contribution in [0.1, 0.15) is 18.7 Å². The molecule has 0 N–H and O–H groups in total. The van der Waals surface area contributed by atoms with Crippen LogP contribution in [0.25, 0.3) is 11.0 Å². The maximum atomic E-state index is 13.5. The third-order valence-electron chi connectivity index (χ3n) is 5.35. The van der Waals surface area contributed by atoms with Gasteiger partial charge in [-0.2, -0.15) is 4.31 Å². The number of nitrogens with zero attached hydrogens (tertiary/aromatic N) is 4. The van der Waals surface area contributed by atoms with E-state index in [4.69, 9.17) is 0 Å². The number of fused-ring (bicyclic) bond motifs is 1. The molecule has 0 aliphatic heterocycles. The summed E-state index contributed by atoms with van der Waals surface area (Å²) in [5.74, 6) is 0. The Morgan fingerprint density at radius 2 is 1.69 bits per heavy atom. The van der Waals surface area contributed by atoms with Gasteiger partial charge in [-0.15, -0.1) is 11.3 Å². The van der Waals surface area contributed by atoms with Gasteiger partial charge in [0.25, 0.3) is 0 Å². The normalized spacial score (nSPS) is 12.5. The van der Waals surface area contributed by atoms with Crippen LogP contribution in [0.3, 0.4) is 0 Å². The molecule has 3 aromatic rings. The van der Waals surface area contributed by atoms with Gasteiger partial charge in [-0.05, 0) is 42.7 Å². The van der Waals surface area contributed by atoms with Gasteiger partial charge in [0.05, 0.1) is 15.9 Å². The molecule has 0 atom stereocenters. The predicted octanol–water partition coefficient (Wildman–Crippen LogP) is 2.47. The first-order chi connectivity index (χ1) is 13.8. The molecule has 0 saturated carbocycles. The van der Waals surface area contributed by atoms with Crippen molar-refractivity contribution < 1.29 is 8.42 Å². The van der Waals surface area contributed by atoms with Gasteiger partial charge in [0.15, 0.2) is 0 Å². The monoisotopic (exact) mass is 436 g/mol. The molecule has 158 valence electrons. The van der Waals surface area contributed by atoms with Crippen LogP contribution in [0.15, 0.2) is 45.4 Å². The SMILES string of the molecule is CCN(CC)CCN(Cc1cccs1)S(=O)(=O)c1ccc2c(c1)n(C)c(=O)n2C. The average Bonchev–Trinajstić information content (AvgIpc) is 3.31. The van der Waals surface area contributed by atoms with Gasteiger partial charge in [-0.25, -0.2) is 13.2 Å². The number of benzene rings is 1. The van der Waals surface area contributed by atoms with E-state index < -0.39 is 10.0 Å². The first kappa shape index (κ1) is 21.8. The number of aromatic nitrogens is 2. The minimum Gasteiger partial charge on any atom is -0.303 e. The second-order valence-electron chi connectivity index (χ2n) is 7.00. The Labute approximate surface area is 175 Å². The summed E-state index contributed by atoms with van der Waals surface area (Å²) >= 11 is 1.55. The second kappa shape index (κ2) is 8.83. The summed E-state index contributed by atoms with van der Waals surface area (Å²) in [6.07, 6.45) is 0. The van der Waals surface area contributed by atoms with Crippen LogP contribution >= 0.6 is 11.3 Å². The van der Waals surface area contributed by atoms with Gasteiger partial charge in [-0.1, -0.05) is 19.9 Å². The third-order valence-corrected chi connectivity index (χ3v) is 8.06. The van der Waals surface area contributed by atoms with E-state index in [1.807, 2.05) is 17.5 Å². The largest absolute Gasteiger partial charge is 0.328 e. The highest BCUT2D eigenvalue weighted by atomic mass is 32.2. The topological polar surface area (TPSA) is 67.6 Å². The number of sulfonamides is 1. The number of hydrogen-bond donors (Lipinski definition) is 0. The maximum absolute atomic E-state index is 13.5. The number of aryl methyl sites for hydroxylation is 2. The molecule has 0 bridgehead atoms. The zero-order valence-corrected chi connectivity index (χ0v) is 19.0. The van der Waals surface area contributed by atoms with Crippen LogP contribution in [0, 0.1) is 0 Å². The molecular weight excluding hydrogens is 408 g/mol. The summed E-state index contributed by atoms with van der Waals surface area (Å²) < 4.78 is 31.6. The van der Waals surface area contributed by atoms with E-state index in [0.717, 1.165) is 18.0 Å². The number of imidazole rings is 1. The maximum Gasteiger partial charge on any atom is 0.328 e. The Bertz CT molecular complexity index is 1130. The Balaban J connectivity index is 1.99. The van der Waals surface area contributed by atoms with Crippen LogP contribution in [-0.4, -0.2) is 52.9 Å². The van der Waals surface area contributed by atoms with E-state index in [0.29, 0.717) is 30.7 Å². The average molecular weight is 437 g/mol. The first-order valence-corrected chi connectivity index (χ1v) is 12.0. The van der Waals surface area contributed by atoms with Crippen molar-refractivity contribution in [1.29, 1.82) is 0 Å². The standard InChI is InChI=1S/C20H28N4O3S2/c1-5-23(6-2)11-12-24(15-16-8-7-13-28-16)29(26,27)17-9-10-18-19(14-17)22(4)20(25)21(18)3/h7-10,13-14H,5-6,11-12,15H2,1-4H3. The summed E-state index contributed by atoms with van der Waals surface area (Å²) in [7, 11) is -0.368. The summed E-state index contributed by atoms with van der Waals surface area (Å²) in [5.41, 5.74) is 1.15. The van der Waals surface area contributed by atoms with E-state index in [2.05, 4.69) is 18.7 Å². The van der Waals surface area contributed by atoms with Crippen LogP contribution in [0.2, 0.25) is 0 Å². The highest BCUT2D eigenvalue weighted by Crippen LogP contribution is 2.23. The van der Waals surface area contributed by atoms with Crippen LogP contribution < -0.4 is 5.69 Å². The molecule has 29 heavy (non-hydrogen) atoms. The van der Waals surface area contributed by atoms with Crippen molar-refractivity contribution in [2.75, 3.05) is 26.2 Å². The molecule has 0 unspecified atom stereocenters. The number of likely N-dealkylation sites (N-methyl/N-ethyl adjacent to an activating group) is 1. The summed E-state index contributed by atoms with van der Waals surface area (Å²) in [5, 5.41) is 1.95. The zero-order chi connectivity index (χ0) is 21.2. The van der Waals surface area contributed by atoms with Crippen LogP contribution in [0.4, 0.5) is 0 Å². The lowest BCUT2D eigenvalue weighted by atomic mass is 10.3. The van der Waals surface area contributed by atoms with Gasteiger partial charge in [0.2, 0.25) is 10.0 Å². The van der Waals surface area contributed by atoms with Crippen LogP contribution in [-0.2, 0) is 30.7 Å². The molecule has 9 heteroatoms.